The van der Waals surface area contributed by atoms with Gasteiger partial charge >= 0.3 is 0 Å². The van der Waals surface area contributed by atoms with Gasteiger partial charge in [-0.1, -0.05) is 102 Å². The highest BCUT2D eigenvalue weighted by Gasteiger charge is 2.19. The molecule has 4 aromatic carbocycles. The molecule has 0 saturated heterocycles. The highest BCUT2D eigenvalue weighted by molar-refractivity contribution is 14.1. The maximum Gasteiger partial charge on any atom is 0.0737 e. The Morgan fingerprint density at radius 1 is 0.346 bits per heavy atom. The van der Waals surface area contributed by atoms with E-state index in [9.17, 15) is 0 Å². The van der Waals surface area contributed by atoms with Gasteiger partial charge < -0.3 is 9.97 Å². The zero-order chi connectivity index (χ0) is 35.3. The van der Waals surface area contributed by atoms with Gasteiger partial charge in [-0.3, -0.25) is 0 Å². The van der Waals surface area contributed by atoms with Crippen molar-refractivity contribution in [1.82, 2.24) is 19.9 Å². The third kappa shape index (κ3) is 5.91. The molecule has 2 aliphatic heterocycles. The normalized spacial score (nSPS) is 12.1. The lowest BCUT2D eigenvalue weighted by Crippen LogP contribution is -1.90. The summed E-state index contributed by atoms with van der Waals surface area (Å²) in [6, 6.07) is 43.5. The van der Waals surface area contributed by atoms with Crippen LogP contribution in [0.2, 0.25) is 0 Å². The van der Waals surface area contributed by atoms with Crippen molar-refractivity contribution in [3.05, 3.63) is 164 Å². The number of halogens is 1. The molecule has 5 heteroatoms. The van der Waals surface area contributed by atoms with Crippen LogP contribution in [0.1, 0.15) is 39.5 Å². The molecule has 250 valence electrons. The fourth-order valence-corrected chi connectivity index (χ4v) is 7.56. The van der Waals surface area contributed by atoms with E-state index in [1.54, 1.807) is 0 Å². The molecule has 52 heavy (non-hydrogen) atoms. The van der Waals surface area contributed by atoms with Gasteiger partial charge in [-0.05, 0) is 126 Å². The fraction of sp³-hybridized carbons (Fsp3) is 0.0638. The number of benzene rings is 4. The van der Waals surface area contributed by atoms with Crippen molar-refractivity contribution in [3.8, 4) is 44.5 Å². The number of rotatable bonds is 4. The van der Waals surface area contributed by atoms with Crippen LogP contribution in [-0.2, 0) is 0 Å². The SMILES string of the molecule is Cc1ccc(-c2c3nc(c(-c4ccc(C)cc4)c4ccc([nH]4)c(-c4ccc(I)cc4)c4nc(c(-c5ccc(C)cc5)c5ccc2[nH]5)C=C4)C=C3)cc1. The fourth-order valence-electron chi connectivity index (χ4n) is 7.20. The van der Waals surface area contributed by atoms with Crippen LogP contribution < -0.4 is 0 Å². The third-order valence-corrected chi connectivity index (χ3v) is 10.6. The molecule has 7 aromatic rings. The second kappa shape index (κ2) is 13.1. The number of hydrogen-bond donors (Lipinski definition) is 2. The summed E-state index contributed by atoms with van der Waals surface area (Å²) in [5.74, 6) is 0. The summed E-state index contributed by atoms with van der Waals surface area (Å²) >= 11 is 2.37. The Kier molecular flexibility index (Phi) is 8.08. The van der Waals surface area contributed by atoms with Crippen molar-refractivity contribution in [2.75, 3.05) is 0 Å². The van der Waals surface area contributed by atoms with Gasteiger partial charge in [0.05, 0.1) is 22.8 Å². The maximum absolute atomic E-state index is 5.41. The number of aromatic nitrogens is 4. The molecule has 2 N–H and O–H groups in total. The molecule has 0 atom stereocenters. The molecule has 2 aliphatic rings. The quantitative estimate of drug-likeness (QED) is 0.175. The Labute approximate surface area is 316 Å². The average Bonchev–Trinajstić information content (AvgIpc) is 3.99. The predicted molar refractivity (Wildman–Crippen MR) is 228 cm³/mol. The van der Waals surface area contributed by atoms with E-state index in [1.165, 1.54) is 20.3 Å². The summed E-state index contributed by atoms with van der Waals surface area (Å²) in [5.41, 5.74) is 19.9. The number of aromatic amines is 2. The topological polar surface area (TPSA) is 57.4 Å². The summed E-state index contributed by atoms with van der Waals surface area (Å²) in [5, 5.41) is 0. The molecule has 0 spiro atoms. The zero-order valence-corrected chi connectivity index (χ0v) is 31.3. The highest BCUT2D eigenvalue weighted by atomic mass is 127. The van der Waals surface area contributed by atoms with E-state index < -0.39 is 0 Å². The van der Waals surface area contributed by atoms with Gasteiger partial charge in [0.15, 0.2) is 0 Å². The molecule has 0 amide bonds. The van der Waals surface area contributed by atoms with Crippen molar-refractivity contribution in [3.63, 3.8) is 0 Å². The molecule has 0 unspecified atom stereocenters. The summed E-state index contributed by atoms with van der Waals surface area (Å²) in [6.45, 7) is 6.37. The van der Waals surface area contributed by atoms with Crippen LogP contribution in [0.3, 0.4) is 0 Å². The molecule has 4 nitrogen and oxygen atoms in total. The van der Waals surface area contributed by atoms with Crippen LogP contribution >= 0.6 is 22.6 Å². The van der Waals surface area contributed by atoms with Gasteiger partial charge in [-0.2, -0.15) is 0 Å². The first-order valence-electron chi connectivity index (χ1n) is 17.5. The van der Waals surface area contributed by atoms with Crippen molar-refractivity contribution < 1.29 is 0 Å². The van der Waals surface area contributed by atoms with Crippen LogP contribution in [0.5, 0.6) is 0 Å². The Hall–Kier alpha value is -5.79. The zero-order valence-electron chi connectivity index (χ0n) is 29.1. The van der Waals surface area contributed by atoms with E-state index in [1.807, 2.05) is 0 Å². The lowest BCUT2D eigenvalue weighted by molar-refractivity contribution is 1.31. The molecule has 0 fully saturated rings. The molecule has 0 saturated carbocycles. The number of nitrogens with zero attached hydrogens (tertiary/aromatic N) is 2. The first-order valence-corrected chi connectivity index (χ1v) is 18.6. The van der Waals surface area contributed by atoms with Gasteiger partial charge in [0.1, 0.15) is 0 Å². The second-order valence-corrected chi connectivity index (χ2v) is 14.9. The Balaban J connectivity index is 1.47. The van der Waals surface area contributed by atoms with Gasteiger partial charge in [0.2, 0.25) is 0 Å². The van der Waals surface area contributed by atoms with Gasteiger partial charge in [-0.15, -0.1) is 0 Å². The summed E-state index contributed by atoms with van der Waals surface area (Å²) < 4.78 is 1.19. The van der Waals surface area contributed by atoms with Crippen molar-refractivity contribution in [2.45, 2.75) is 20.8 Å². The van der Waals surface area contributed by atoms with Crippen LogP contribution in [-0.4, -0.2) is 19.9 Å². The first kappa shape index (κ1) is 32.1. The van der Waals surface area contributed by atoms with E-state index in [4.69, 9.17) is 9.97 Å². The largest absolute Gasteiger partial charge is 0.354 e. The number of hydrogen-bond acceptors (Lipinski definition) is 2. The molecule has 8 bridgehead atoms. The van der Waals surface area contributed by atoms with E-state index in [0.29, 0.717) is 0 Å². The van der Waals surface area contributed by atoms with E-state index in [-0.39, 0.29) is 0 Å². The number of H-pyrrole nitrogens is 2. The molecule has 5 heterocycles. The number of aryl methyl sites for hydroxylation is 3. The molecular formula is C47H35IN4. The highest BCUT2D eigenvalue weighted by Crippen LogP contribution is 2.38. The lowest BCUT2D eigenvalue weighted by atomic mass is 10.0. The Morgan fingerprint density at radius 2 is 0.596 bits per heavy atom. The van der Waals surface area contributed by atoms with E-state index in [2.05, 4.69) is 199 Å². The minimum Gasteiger partial charge on any atom is -0.354 e. The monoisotopic (exact) mass is 782 g/mol. The average molecular weight is 783 g/mol. The molecule has 3 aromatic heterocycles. The predicted octanol–water partition coefficient (Wildman–Crippen LogP) is 12.9. The minimum atomic E-state index is 0.908. The third-order valence-electron chi connectivity index (χ3n) is 9.91. The van der Waals surface area contributed by atoms with Gasteiger partial charge in [0, 0.05) is 47.9 Å². The van der Waals surface area contributed by atoms with Crippen molar-refractivity contribution >= 4 is 69.0 Å². The smallest absolute Gasteiger partial charge is 0.0737 e. The maximum atomic E-state index is 5.41. The van der Waals surface area contributed by atoms with Crippen molar-refractivity contribution in [2.24, 2.45) is 0 Å². The lowest BCUT2D eigenvalue weighted by Gasteiger charge is -2.07. The Bertz CT molecular complexity index is 2350. The summed E-state index contributed by atoms with van der Waals surface area (Å²) in [7, 11) is 0. The minimum absolute atomic E-state index is 0.908. The van der Waals surface area contributed by atoms with Crippen molar-refractivity contribution in [1.29, 1.82) is 0 Å². The molecule has 9 rings (SSSR count). The molecule has 0 aliphatic carbocycles. The van der Waals surface area contributed by atoms with E-state index in [0.717, 1.165) is 89.4 Å². The van der Waals surface area contributed by atoms with Gasteiger partial charge in [-0.25, -0.2) is 9.97 Å². The Morgan fingerprint density at radius 3 is 0.865 bits per heavy atom. The summed E-state index contributed by atoms with van der Waals surface area (Å²) in [6.07, 6.45) is 8.61. The number of fused-ring (bicyclic) bond motifs is 8. The standard InChI is InChI=1S/C47H35IN4/c1-28-4-10-31(11-5-28)44-36-20-22-38(49-36)45(32-12-6-29(2)7-13-32)40-24-26-42(51-40)47(34-16-18-35(48)19-17-34)43-27-25-41(52-43)46(39-23-21-37(44)50-39)33-14-8-30(3)9-15-33/h4-27,49,52H,1-3H3. The number of nitrogens with one attached hydrogen (secondary N) is 2. The first-order chi connectivity index (χ1) is 25.4. The summed E-state index contributed by atoms with van der Waals surface area (Å²) in [4.78, 5) is 18.5. The van der Waals surface area contributed by atoms with Crippen LogP contribution in [0.15, 0.2) is 121 Å². The second-order valence-electron chi connectivity index (χ2n) is 13.6. The molecule has 0 radical (unpaired) electrons. The van der Waals surface area contributed by atoms with E-state index >= 15 is 0 Å². The van der Waals surface area contributed by atoms with Gasteiger partial charge in [0.25, 0.3) is 0 Å². The molecular weight excluding hydrogens is 747 g/mol. The van der Waals surface area contributed by atoms with Crippen LogP contribution in [0.25, 0.3) is 90.9 Å². The van der Waals surface area contributed by atoms with Crippen LogP contribution in [0.4, 0.5) is 0 Å². The van der Waals surface area contributed by atoms with Crippen LogP contribution in [0, 0.1) is 24.3 Å².